The van der Waals surface area contributed by atoms with Gasteiger partial charge in [0.05, 0.1) is 22.6 Å². The topological polar surface area (TPSA) is 34.2 Å². The standard InChI is InChI=1S/C70H53N2O2/c1-2-47-45-71(44-46-20-6-3-7-21-46)62(35-18-30-54(47)49-24-10-5-11-25-49)52-27-16-26-51(40-52)55-31-19-37-66-68(55)59-33-17-32-57(70(59)74-66)61-42-53(43-67-69(61)58-29-13-15-36-65(58)73-67)72-63-34-14-12-28-56(63)60-41-50(38-39-64(60)72)48-22-8-4-9-23-48/h3-17,19-34,36-43,45,47,62H,2,18,35,44H2,1H3/q+1. The Hall–Kier alpha value is -8.99. The summed E-state index contributed by atoms with van der Waals surface area (Å²) in [4.78, 5) is 0. The fourth-order valence-electron chi connectivity index (χ4n) is 12.2. The Morgan fingerprint density at radius 3 is 1.97 bits per heavy atom. The fourth-order valence-corrected chi connectivity index (χ4v) is 12.2. The van der Waals surface area contributed by atoms with E-state index < -0.39 is 0 Å². The average molecular weight is 954 g/mol. The molecule has 4 nitrogen and oxygen atoms in total. The number of nitrogens with zero attached hydrogens (tertiary/aromatic N) is 2. The highest BCUT2D eigenvalue weighted by molar-refractivity contribution is 6.20. The van der Waals surface area contributed by atoms with Crippen LogP contribution in [0.2, 0.25) is 0 Å². The van der Waals surface area contributed by atoms with E-state index in [0.717, 1.165) is 103 Å². The van der Waals surface area contributed by atoms with Crippen molar-refractivity contribution in [1.82, 2.24) is 4.57 Å². The van der Waals surface area contributed by atoms with E-state index in [-0.39, 0.29) is 6.04 Å². The van der Waals surface area contributed by atoms with Crippen LogP contribution in [0.3, 0.4) is 0 Å². The van der Waals surface area contributed by atoms with Crippen molar-refractivity contribution in [2.24, 2.45) is 5.92 Å². The van der Waals surface area contributed by atoms with Crippen LogP contribution in [0, 0.1) is 5.92 Å². The van der Waals surface area contributed by atoms with Gasteiger partial charge >= 0.3 is 0 Å². The van der Waals surface area contributed by atoms with E-state index >= 15 is 0 Å². The summed E-state index contributed by atoms with van der Waals surface area (Å²) < 4.78 is 19.0. The first-order chi connectivity index (χ1) is 36.6. The highest BCUT2D eigenvalue weighted by atomic mass is 16.3. The van der Waals surface area contributed by atoms with E-state index in [1.165, 1.54) is 49.7 Å². The second-order valence-electron chi connectivity index (χ2n) is 19.9. The molecule has 4 heterocycles. The van der Waals surface area contributed by atoms with Crippen LogP contribution in [0.4, 0.5) is 0 Å². The van der Waals surface area contributed by atoms with E-state index in [0.29, 0.717) is 5.92 Å². The molecule has 13 aromatic rings. The molecule has 10 aromatic carbocycles. The van der Waals surface area contributed by atoms with Gasteiger partial charge in [-0.05, 0) is 94.3 Å². The van der Waals surface area contributed by atoms with Gasteiger partial charge in [0.1, 0.15) is 28.5 Å². The highest BCUT2D eigenvalue weighted by Gasteiger charge is 2.29. The molecular formula is C70H53N2O2+. The maximum absolute atomic E-state index is 7.14. The number of fused-ring (bicyclic) bond motifs is 9. The van der Waals surface area contributed by atoms with Gasteiger partial charge in [0.25, 0.3) is 0 Å². The van der Waals surface area contributed by atoms with Gasteiger partial charge in [-0.1, -0.05) is 195 Å². The molecule has 0 fully saturated rings. The van der Waals surface area contributed by atoms with Gasteiger partial charge in [0, 0.05) is 61.5 Å². The number of para-hydroxylation sites is 3. The van der Waals surface area contributed by atoms with Crippen LogP contribution in [0.5, 0.6) is 0 Å². The Kier molecular flexibility index (Phi) is 10.8. The van der Waals surface area contributed by atoms with E-state index in [1.54, 1.807) is 0 Å². The van der Waals surface area contributed by atoms with Gasteiger partial charge in [-0.15, -0.1) is 0 Å². The number of hydrogen-bond acceptors (Lipinski definition) is 2. The molecule has 1 aliphatic rings. The molecule has 0 saturated carbocycles. The lowest BCUT2D eigenvalue weighted by atomic mass is 9.87. The first kappa shape index (κ1) is 43.8. The van der Waals surface area contributed by atoms with Crippen LogP contribution in [0.25, 0.3) is 110 Å². The number of furan rings is 2. The first-order valence-electron chi connectivity index (χ1n) is 26.1. The van der Waals surface area contributed by atoms with Crippen molar-refractivity contribution in [3.63, 3.8) is 0 Å². The lowest BCUT2D eigenvalue weighted by molar-refractivity contribution is -0.586. The smallest absolute Gasteiger partial charge is 0.178 e. The molecule has 14 rings (SSSR count). The molecular weight excluding hydrogens is 901 g/mol. The van der Waals surface area contributed by atoms with Crippen molar-refractivity contribution in [2.45, 2.75) is 38.8 Å². The lowest BCUT2D eigenvalue weighted by Crippen LogP contribution is -2.25. The summed E-state index contributed by atoms with van der Waals surface area (Å²) in [6.45, 7) is 3.16. The normalized spacial score (nSPS) is 15.3. The van der Waals surface area contributed by atoms with Crippen molar-refractivity contribution >= 4 is 77.5 Å². The molecule has 0 amide bonds. The minimum Gasteiger partial charge on any atom is -0.456 e. The van der Waals surface area contributed by atoms with Crippen LogP contribution in [0.1, 0.15) is 48.9 Å². The largest absolute Gasteiger partial charge is 0.456 e. The molecule has 2 unspecified atom stereocenters. The molecule has 4 heteroatoms. The summed E-state index contributed by atoms with van der Waals surface area (Å²) in [5.41, 5.74) is 18.9. The maximum atomic E-state index is 7.14. The molecule has 3 aromatic heterocycles. The van der Waals surface area contributed by atoms with Gasteiger partial charge in [-0.3, -0.25) is 0 Å². The predicted octanol–water partition coefficient (Wildman–Crippen LogP) is 18.8. The molecule has 0 radical (unpaired) electrons. The molecule has 0 aliphatic carbocycles. The second kappa shape index (κ2) is 18.2. The van der Waals surface area contributed by atoms with Crippen molar-refractivity contribution in [2.75, 3.05) is 0 Å². The summed E-state index contributed by atoms with van der Waals surface area (Å²) >= 11 is 0. The second-order valence-corrected chi connectivity index (χ2v) is 19.9. The summed E-state index contributed by atoms with van der Waals surface area (Å²) in [6, 6.07) is 83.8. The summed E-state index contributed by atoms with van der Waals surface area (Å²) in [6.07, 6.45) is 8.06. The third-order valence-electron chi connectivity index (χ3n) is 15.6. The summed E-state index contributed by atoms with van der Waals surface area (Å²) in [7, 11) is 0. The maximum Gasteiger partial charge on any atom is 0.178 e. The van der Waals surface area contributed by atoms with E-state index in [9.17, 15) is 0 Å². The van der Waals surface area contributed by atoms with Crippen LogP contribution < -0.4 is 0 Å². The number of rotatable bonds is 9. The van der Waals surface area contributed by atoms with Crippen LogP contribution in [-0.2, 0) is 6.54 Å². The van der Waals surface area contributed by atoms with Gasteiger partial charge in [0.2, 0.25) is 0 Å². The molecule has 0 saturated heterocycles. The van der Waals surface area contributed by atoms with Crippen molar-refractivity contribution in [3.05, 3.63) is 253 Å². The van der Waals surface area contributed by atoms with Crippen LogP contribution in [-0.4, -0.2) is 15.4 Å². The SMILES string of the molecule is CCC1C=[N+](Cc2ccccc2)C(c2cccc(-c3cccc4oc5c(-c6cc(-n7c8ccccc8c8cc(-c9ccccc9)ccc87)cc7oc8ccccc8c67)cccc5c34)c2)CCC=C1c1ccccc1. The zero-order valence-corrected chi connectivity index (χ0v) is 41.3. The summed E-state index contributed by atoms with van der Waals surface area (Å²) in [5, 5.41) is 6.77. The van der Waals surface area contributed by atoms with Gasteiger partial charge in [-0.25, -0.2) is 4.58 Å². The molecule has 354 valence electrons. The quantitative estimate of drug-likeness (QED) is 0.135. The number of hydrogen-bond donors (Lipinski definition) is 0. The number of aromatic nitrogens is 1. The lowest BCUT2D eigenvalue weighted by Gasteiger charge is -2.23. The molecule has 0 bridgehead atoms. The molecule has 1 aliphatic heterocycles. The Morgan fingerprint density at radius 1 is 0.473 bits per heavy atom. The van der Waals surface area contributed by atoms with Crippen molar-refractivity contribution in [1.29, 1.82) is 0 Å². The Labute approximate surface area is 430 Å². The Morgan fingerprint density at radius 2 is 1.14 bits per heavy atom. The Balaban J connectivity index is 0.917. The Bertz CT molecular complexity index is 4320. The molecule has 0 N–H and O–H groups in total. The highest BCUT2D eigenvalue weighted by Crippen LogP contribution is 2.46. The number of allylic oxidation sites excluding steroid dienone is 2. The predicted molar refractivity (Wildman–Crippen MR) is 308 cm³/mol. The third kappa shape index (κ3) is 7.48. The molecule has 0 spiro atoms. The first-order valence-corrected chi connectivity index (χ1v) is 26.1. The van der Waals surface area contributed by atoms with E-state index in [2.05, 4.69) is 259 Å². The average Bonchev–Trinajstić information content (AvgIpc) is 4.18. The molecule has 74 heavy (non-hydrogen) atoms. The number of benzene rings is 10. The van der Waals surface area contributed by atoms with Crippen molar-refractivity contribution in [3.8, 4) is 39.1 Å². The van der Waals surface area contributed by atoms with Crippen LogP contribution in [0.15, 0.2) is 245 Å². The van der Waals surface area contributed by atoms with Gasteiger partial charge in [0.15, 0.2) is 12.6 Å². The molecule has 2 atom stereocenters. The fraction of sp³-hybridized carbons (Fsp3) is 0.100. The van der Waals surface area contributed by atoms with E-state index in [1.807, 2.05) is 0 Å². The minimum absolute atomic E-state index is 0.185. The zero-order chi connectivity index (χ0) is 49.1. The van der Waals surface area contributed by atoms with Gasteiger partial charge in [-0.2, -0.15) is 0 Å². The summed E-state index contributed by atoms with van der Waals surface area (Å²) in [5.74, 6) is 0.296. The van der Waals surface area contributed by atoms with Crippen molar-refractivity contribution < 1.29 is 13.4 Å². The van der Waals surface area contributed by atoms with Gasteiger partial charge < -0.3 is 13.4 Å². The zero-order valence-electron chi connectivity index (χ0n) is 41.3. The monoisotopic (exact) mass is 953 g/mol. The minimum atomic E-state index is 0.185. The van der Waals surface area contributed by atoms with Crippen LogP contribution >= 0.6 is 0 Å². The van der Waals surface area contributed by atoms with E-state index in [4.69, 9.17) is 8.83 Å². The third-order valence-corrected chi connectivity index (χ3v) is 15.6.